The van der Waals surface area contributed by atoms with Gasteiger partial charge in [-0.1, -0.05) is 36.3 Å². The molecule has 0 radical (unpaired) electrons. The molecule has 1 amide bonds. The predicted molar refractivity (Wildman–Crippen MR) is 126 cm³/mol. The SMILES string of the molecule is CCOc1ccc(-c2cc(C(=O)N(Cc3ccc(CC)cc3)C3CCS(=O)(=O)C3)no2)cc1. The summed E-state index contributed by atoms with van der Waals surface area (Å²) >= 11 is 0. The fraction of sp³-hybridized carbons (Fsp3) is 0.360. The summed E-state index contributed by atoms with van der Waals surface area (Å²) in [5, 5.41) is 4.00. The van der Waals surface area contributed by atoms with Crippen molar-refractivity contribution in [3.63, 3.8) is 0 Å². The number of benzene rings is 2. The summed E-state index contributed by atoms with van der Waals surface area (Å²) in [6.07, 6.45) is 1.35. The smallest absolute Gasteiger partial charge is 0.276 e. The Morgan fingerprint density at radius 2 is 1.79 bits per heavy atom. The third-order valence-electron chi connectivity index (χ3n) is 5.87. The van der Waals surface area contributed by atoms with Gasteiger partial charge in [0.1, 0.15) is 5.75 Å². The van der Waals surface area contributed by atoms with Gasteiger partial charge in [-0.25, -0.2) is 8.42 Å². The summed E-state index contributed by atoms with van der Waals surface area (Å²) in [6, 6.07) is 16.6. The van der Waals surface area contributed by atoms with Crippen LogP contribution in [0.1, 0.15) is 41.9 Å². The number of ether oxygens (including phenoxy) is 1. The Bertz CT molecular complexity index is 1200. The Hall–Kier alpha value is -3.13. The second-order valence-electron chi connectivity index (χ2n) is 8.19. The molecule has 174 valence electrons. The number of hydrogen-bond acceptors (Lipinski definition) is 6. The van der Waals surface area contributed by atoms with Crippen LogP contribution in [0.3, 0.4) is 0 Å². The first-order valence-corrected chi connectivity index (χ1v) is 13.0. The van der Waals surface area contributed by atoms with E-state index >= 15 is 0 Å². The van der Waals surface area contributed by atoms with E-state index in [-0.39, 0.29) is 29.1 Å². The van der Waals surface area contributed by atoms with Crippen LogP contribution in [0.2, 0.25) is 0 Å². The Morgan fingerprint density at radius 1 is 1.09 bits per heavy atom. The minimum atomic E-state index is -3.16. The second kappa shape index (κ2) is 9.79. The summed E-state index contributed by atoms with van der Waals surface area (Å²) in [5.41, 5.74) is 3.08. The van der Waals surface area contributed by atoms with E-state index in [2.05, 4.69) is 12.1 Å². The lowest BCUT2D eigenvalue weighted by atomic mass is 10.1. The molecule has 2 aromatic carbocycles. The van der Waals surface area contributed by atoms with Crippen LogP contribution >= 0.6 is 0 Å². The van der Waals surface area contributed by atoms with Crippen molar-refractivity contribution in [1.29, 1.82) is 0 Å². The van der Waals surface area contributed by atoms with E-state index in [1.807, 2.05) is 55.5 Å². The number of rotatable bonds is 8. The highest BCUT2D eigenvalue weighted by atomic mass is 32.2. The molecule has 0 spiro atoms. The average molecular weight is 469 g/mol. The lowest BCUT2D eigenvalue weighted by molar-refractivity contribution is 0.0670. The standard InChI is InChI=1S/C25H28N2O5S/c1-3-18-5-7-19(8-6-18)16-27(21-13-14-33(29,30)17-21)25(28)23-15-24(32-26-23)20-9-11-22(12-10-20)31-4-2/h5-12,15,21H,3-4,13-14,16-17H2,1-2H3. The van der Waals surface area contributed by atoms with Crippen LogP contribution in [0.4, 0.5) is 0 Å². The summed E-state index contributed by atoms with van der Waals surface area (Å²) in [7, 11) is -3.16. The monoisotopic (exact) mass is 468 g/mol. The normalized spacial score (nSPS) is 17.1. The van der Waals surface area contributed by atoms with Crippen molar-refractivity contribution in [1.82, 2.24) is 10.1 Å². The number of carbonyl (C=O) groups excluding carboxylic acids is 1. The van der Waals surface area contributed by atoms with Crippen molar-refractivity contribution in [2.45, 2.75) is 39.3 Å². The first kappa shape index (κ1) is 23.0. The third-order valence-corrected chi connectivity index (χ3v) is 7.62. The van der Waals surface area contributed by atoms with Gasteiger partial charge < -0.3 is 14.2 Å². The van der Waals surface area contributed by atoms with Crippen LogP contribution in [-0.4, -0.2) is 48.5 Å². The lowest BCUT2D eigenvalue weighted by Crippen LogP contribution is -2.40. The van der Waals surface area contributed by atoms with E-state index in [0.717, 1.165) is 23.3 Å². The molecule has 2 heterocycles. The van der Waals surface area contributed by atoms with Crippen molar-refractivity contribution in [2.75, 3.05) is 18.1 Å². The second-order valence-corrected chi connectivity index (χ2v) is 10.4. The van der Waals surface area contributed by atoms with Crippen LogP contribution in [0.5, 0.6) is 5.75 Å². The zero-order valence-corrected chi connectivity index (χ0v) is 19.7. The Labute approximate surface area is 194 Å². The van der Waals surface area contributed by atoms with Gasteiger partial charge in [0, 0.05) is 24.2 Å². The highest BCUT2D eigenvalue weighted by molar-refractivity contribution is 7.91. The van der Waals surface area contributed by atoms with E-state index in [9.17, 15) is 13.2 Å². The van der Waals surface area contributed by atoms with Crippen LogP contribution in [0.25, 0.3) is 11.3 Å². The van der Waals surface area contributed by atoms with Crippen molar-refractivity contribution in [3.05, 3.63) is 71.4 Å². The van der Waals surface area contributed by atoms with Gasteiger partial charge in [0.05, 0.1) is 18.1 Å². The van der Waals surface area contributed by atoms with E-state index in [4.69, 9.17) is 9.26 Å². The van der Waals surface area contributed by atoms with Crippen molar-refractivity contribution in [2.24, 2.45) is 0 Å². The molecule has 8 heteroatoms. The number of hydrogen-bond donors (Lipinski definition) is 0. The number of amides is 1. The largest absolute Gasteiger partial charge is 0.494 e. The summed E-state index contributed by atoms with van der Waals surface area (Å²) in [4.78, 5) is 15.1. The van der Waals surface area contributed by atoms with Crippen LogP contribution in [0.15, 0.2) is 59.1 Å². The molecule has 1 unspecified atom stereocenters. The molecule has 4 rings (SSSR count). The molecule has 1 atom stereocenters. The molecule has 33 heavy (non-hydrogen) atoms. The topological polar surface area (TPSA) is 89.7 Å². The number of aryl methyl sites for hydroxylation is 1. The average Bonchev–Trinajstić information content (AvgIpc) is 3.45. The van der Waals surface area contributed by atoms with Gasteiger partial charge in [0.15, 0.2) is 21.3 Å². The molecule has 1 fully saturated rings. The maximum atomic E-state index is 13.4. The van der Waals surface area contributed by atoms with Crippen molar-refractivity contribution in [3.8, 4) is 17.1 Å². The van der Waals surface area contributed by atoms with Crippen molar-refractivity contribution >= 4 is 15.7 Å². The van der Waals surface area contributed by atoms with Gasteiger partial charge in [-0.2, -0.15) is 0 Å². The highest BCUT2D eigenvalue weighted by Gasteiger charge is 2.36. The van der Waals surface area contributed by atoms with Gasteiger partial charge in [0.25, 0.3) is 5.91 Å². The lowest BCUT2D eigenvalue weighted by Gasteiger charge is -2.27. The van der Waals surface area contributed by atoms with Crippen LogP contribution in [0, 0.1) is 0 Å². The fourth-order valence-corrected chi connectivity index (χ4v) is 5.74. The van der Waals surface area contributed by atoms with Gasteiger partial charge in [0.2, 0.25) is 0 Å². The minimum Gasteiger partial charge on any atom is -0.494 e. The third kappa shape index (κ3) is 5.45. The summed E-state index contributed by atoms with van der Waals surface area (Å²) in [6.45, 7) is 4.89. The van der Waals surface area contributed by atoms with Gasteiger partial charge >= 0.3 is 0 Å². The Morgan fingerprint density at radius 3 is 2.39 bits per heavy atom. The highest BCUT2D eigenvalue weighted by Crippen LogP contribution is 2.26. The van der Waals surface area contributed by atoms with Gasteiger partial charge in [-0.15, -0.1) is 0 Å². The summed E-state index contributed by atoms with van der Waals surface area (Å²) < 4.78 is 35.2. The molecule has 1 aromatic heterocycles. The molecular formula is C25H28N2O5S. The maximum Gasteiger partial charge on any atom is 0.276 e. The molecular weight excluding hydrogens is 440 g/mol. The minimum absolute atomic E-state index is 0.0324. The molecule has 0 bridgehead atoms. The molecule has 1 saturated heterocycles. The van der Waals surface area contributed by atoms with Crippen LogP contribution < -0.4 is 4.74 Å². The predicted octanol–water partition coefficient (Wildman–Crippen LogP) is 4.13. The van der Waals surface area contributed by atoms with E-state index in [1.54, 1.807) is 11.0 Å². The zero-order chi connectivity index (χ0) is 23.4. The molecule has 0 aliphatic carbocycles. The number of aromatic nitrogens is 1. The van der Waals surface area contributed by atoms with Crippen molar-refractivity contribution < 1.29 is 22.5 Å². The molecule has 0 N–H and O–H groups in total. The molecule has 7 nitrogen and oxygen atoms in total. The number of nitrogens with zero attached hydrogens (tertiary/aromatic N) is 2. The molecule has 1 aliphatic heterocycles. The Kier molecular flexibility index (Phi) is 6.83. The quantitative estimate of drug-likeness (QED) is 0.494. The van der Waals surface area contributed by atoms with E-state index in [0.29, 0.717) is 25.3 Å². The molecule has 3 aromatic rings. The first-order valence-electron chi connectivity index (χ1n) is 11.2. The van der Waals surface area contributed by atoms with Gasteiger partial charge in [-0.3, -0.25) is 4.79 Å². The van der Waals surface area contributed by atoms with E-state index in [1.165, 1.54) is 5.56 Å². The zero-order valence-electron chi connectivity index (χ0n) is 18.9. The van der Waals surface area contributed by atoms with E-state index < -0.39 is 9.84 Å². The molecule has 1 aliphatic rings. The number of carbonyl (C=O) groups is 1. The fourth-order valence-electron chi connectivity index (χ4n) is 4.01. The maximum absolute atomic E-state index is 13.4. The van der Waals surface area contributed by atoms with Gasteiger partial charge in [-0.05, 0) is 55.2 Å². The first-order chi connectivity index (χ1) is 15.9. The summed E-state index contributed by atoms with van der Waals surface area (Å²) in [5.74, 6) is 0.937. The number of sulfone groups is 1. The Balaban J connectivity index is 1.58. The van der Waals surface area contributed by atoms with Crippen LogP contribution in [-0.2, 0) is 22.8 Å². The molecule has 0 saturated carbocycles.